The van der Waals surface area contributed by atoms with E-state index in [9.17, 15) is 14.4 Å². The van der Waals surface area contributed by atoms with E-state index in [4.69, 9.17) is 5.11 Å². The Hall–Kier alpha value is -2.37. The van der Waals surface area contributed by atoms with Crippen LogP contribution in [-0.2, 0) is 20.8 Å². The van der Waals surface area contributed by atoms with Crippen LogP contribution in [0, 0.1) is 0 Å². The summed E-state index contributed by atoms with van der Waals surface area (Å²) in [4.78, 5) is 34.3. The third-order valence-electron chi connectivity index (χ3n) is 3.20. The molecule has 2 unspecified atom stereocenters. The van der Waals surface area contributed by atoms with Crippen LogP contribution in [0.5, 0.6) is 0 Å². The van der Waals surface area contributed by atoms with Gasteiger partial charge in [-0.25, -0.2) is 0 Å². The number of piperazine rings is 1. The second-order valence-corrected chi connectivity index (χ2v) is 4.74. The van der Waals surface area contributed by atoms with Crippen molar-refractivity contribution < 1.29 is 19.5 Å². The van der Waals surface area contributed by atoms with E-state index < -0.39 is 18.1 Å². The second-order valence-electron chi connectivity index (χ2n) is 4.74. The summed E-state index contributed by atoms with van der Waals surface area (Å²) in [6, 6.07) is 8.02. The van der Waals surface area contributed by atoms with Crippen molar-refractivity contribution in [1.29, 1.82) is 0 Å². The molecule has 1 fully saturated rings. The molecule has 1 aliphatic heterocycles. The predicted molar refractivity (Wildman–Crippen MR) is 70.9 cm³/mol. The van der Waals surface area contributed by atoms with Gasteiger partial charge < -0.3 is 15.7 Å². The minimum absolute atomic E-state index is 0.102. The molecule has 1 aromatic rings. The molecule has 20 heavy (non-hydrogen) atoms. The number of nitrogens with one attached hydrogen (secondary N) is 2. The largest absolute Gasteiger partial charge is 0.481 e. The molecule has 2 amide bonds. The third-order valence-corrected chi connectivity index (χ3v) is 3.20. The minimum Gasteiger partial charge on any atom is -0.481 e. The maximum atomic E-state index is 11.9. The van der Waals surface area contributed by atoms with Gasteiger partial charge >= 0.3 is 5.97 Å². The standard InChI is InChI=1S/C14H16N2O4/c17-12(18)7-6-10-13(19)16-11(14(20)15-10)8-9-4-2-1-3-5-9/h1-5,10-11H,6-8H2,(H,15,20)(H,16,19)(H,17,18). The molecule has 0 saturated carbocycles. The summed E-state index contributed by atoms with van der Waals surface area (Å²) in [6.45, 7) is 0. The van der Waals surface area contributed by atoms with Gasteiger partial charge in [0.15, 0.2) is 0 Å². The summed E-state index contributed by atoms with van der Waals surface area (Å²) in [6.07, 6.45) is 0.372. The lowest BCUT2D eigenvalue weighted by Gasteiger charge is -2.29. The number of aliphatic carboxylic acids is 1. The molecule has 0 aliphatic carbocycles. The van der Waals surface area contributed by atoms with Crippen LogP contribution in [0.4, 0.5) is 0 Å². The zero-order valence-electron chi connectivity index (χ0n) is 10.8. The van der Waals surface area contributed by atoms with E-state index in [1.807, 2.05) is 30.3 Å². The Bertz CT molecular complexity index is 515. The molecule has 2 rings (SSSR count). The maximum Gasteiger partial charge on any atom is 0.303 e. The van der Waals surface area contributed by atoms with Crippen molar-refractivity contribution in [3.8, 4) is 0 Å². The number of carboxylic acids is 1. The molecule has 1 aromatic carbocycles. The van der Waals surface area contributed by atoms with Crippen molar-refractivity contribution in [2.24, 2.45) is 0 Å². The summed E-state index contributed by atoms with van der Waals surface area (Å²) in [5.41, 5.74) is 0.955. The van der Waals surface area contributed by atoms with Crippen molar-refractivity contribution in [2.75, 3.05) is 0 Å². The Balaban J connectivity index is 1.94. The number of amides is 2. The summed E-state index contributed by atoms with van der Waals surface area (Å²) in [7, 11) is 0. The third kappa shape index (κ3) is 3.57. The molecule has 6 heteroatoms. The van der Waals surface area contributed by atoms with Gasteiger partial charge in [-0.3, -0.25) is 14.4 Å². The Labute approximate surface area is 116 Å². The highest BCUT2D eigenvalue weighted by atomic mass is 16.4. The molecule has 1 aliphatic rings. The van der Waals surface area contributed by atoms with Crippen LogP contribution in [0.3, 0.4) is 0 Å². The lowest BCUT2D eigenvalue weighted by molar-refractivity contribution is -0.139. The molecule has 6 nitrogen and oxygen atoms in total. The van der Waals surface area contributed by atoms with Crippen LogP contribution in [0.1, 0.15) is 18.4 Å². The number of carboxylic acid groups (broad SMARTS) is 1. The van der Waals surface area contributed by atoms with Crippen molar-refractivity contribution in [3.05, 3.63) is 35.9 Å². The molecule has 3 N–H and O–H groups in total. The normalized spacial score (nSPS) is 22.0. The number of benzene rings is 1. The first kappa shape index (κ1) is 14.0. The van der Waals surface area contributed by atoms with E-state index in [0.717, 1.165) is 5.56 Å². The molecular formula is C14H16N2O4. The summed E-state index contributed by atoms with van der Waals surface area (Å²) < 4.78 is 0. The fourth-order valence-corrected chi connectivity index (χ4v) is 2.14. The van der Waals surface area contributed by atoms with Crippen molar-refractivity contribution in [3.63, 3.8) is 0 Å². The van der Waals surface area contributed by atoms with Gasteiger partial charge in [-0.2, -0.15) is 0 Å². The highest BCUT2D eigenvalue weighted by Crippen LogP contribution is 2.09. The second kappa shape index (κ2) is 6.18. The van der Waals surface area contributed by atoms with E-state index in [-0.39, 0.29) is 24.7 Å². The Kier molecular flexibility index (Phi) is 4.34. The van der Waals surface area contributed by atoms with E-state index in [1.54, 1.807) is 0 Å². The average molecular weight is 276 g/mol. The fourth-order valence-electron chi connectivity index (χ4n) is 2.14. The van der Waals surface area contributed by atoms with Crippen LogP contribution in [0.25, 0.3) is 0 Å². The average Bonchev–Trinajstić information content (AvgIpc) is 2.42. The molecule has 0 spiro atoms. The molecule has 0 aromatic heterocycles. The highest BCUT2D eigenvalue weighted by molar-refractivity contribution is 5.97. The van der Waals surface area contributed by atoms with Crippen LogP contribution >= 0.6 is 0 Å². The molecule has 106 valence electrons. The monoisotopic (exact) mass is 276 g/mol. The first-order valence-electron chi connectivity index (χ1n) is 6.42. The van der Waals surface area contributed by atoms with E-state index in [0.29, 0.717) is 6.42 Å². The topological polar surface area (TPSA) is 95.5 Å². The Morgan fingerprint density at radius 2 is 1.65 bits per heavy atom. The molecule has 1 saturated heterocycles. The molecule has 0 bridgehead atoms. The lowest BCUT2D eigenvalue weighted by Crippen LogP contribution is -2.62. The zero-order valence-corrected chi connectivity index (χ0v) is 10.8. The molecular weight excluding hydrogens is 260 g/mol. The van der Waals surface area contributed by atoms with Gasteiger partial charge in [0.2, 0.25) is 11.8 Å². The van der Waals surface area contributed by atoms with Gasteiger partial charge in [-0.05, 0) is 12.0 Å². The van der Waals surface area contributed by atoms with Crippen LogP contribution < -0.4 is 10.6 Å². The van der Waals surface area contributed by atoms with Crippen LogP contribution in [0.15, 0.2) is 30.3 Å². The number of rotatable bonds is 5. The van der Waals surface area contributed by atoms with E-state index in [2.05, 4.69) is 10.6 Å². The quantitative estimate of drug-likeness (QED) is 0.709. The number of carbonyl (C=O) groups is 3. The van der Waals surface area contributed by atoms with Gasteiger partial charge in [0.1, 0.15) is 12.1 Å². The SMILES string of the molecule is O=C(O)CCC1NC(=O)C(Cc2ccccc2)NC1=O. The summed E-state index contributed by atoms with van der Waals surface area (Å²) in [5, 5.41) is 13.8. The highest BCUT2D eigenvalue weighted by Gasteiger charge is 2.33. The number of hydrogen-bond acceptors (Lipinski definition) is 3. The van der Waals surface area contributed by atoms with Crippen LogP contribution in [-0.4, -0.2) is 35.0 Å². The van der Waals surface area contributed by atoms with Gasteiger partial charge in [0.05, 0.1) is 0 Å². The smallest absolute Gasteiger partial charge is 0.303 e. The van der Waals surface area contributed by atoms with Crippen molar-refractivity contribution >= 4 is 17.8 Å². The first-order chi connectivity index (χ1) is 9.56. The van der Waals surface area contributed by atoms with Gasteiger partial charge in [-0.1, -0.05) is 30.3 Å². The van der Waals surface area contributed by atoms with E-state index >= 15 is 0 Å². The van der Waals surface area contributed by atoms with E-state index in [1.165, 1.54) is 0 Å². The molecule has 0 radical (unpaired) electrons. The van der Waals surface area contributed by atoms with Gasteiger partial charge in [-0.15, -0.1) is 0 Å². The predicted octanol–water partition coefficient (Wildman–Crippen LogP) is 0.0771. The fraction of sp³-hybridized carbons (Fsp3) is 0.357. The van der Waals surface area contributed by atoms with Crippen LogP contribution in [0.2, 0.25) is 0 Å². The first-order valence-corrected chi connectivity index (χ1v) is 6.42. The Morgan fingerprint density at radius 3 is 2.30 bits per heavy atom. The van der Waals surface area contributed by atoms with Gasteiger partial charge in [0, 0.05) is 12.8 Å². The summed E-state index contributed by atoms with van der Waals surface area (Å²) >= 11 is 0. The number of carbonyl (C=O) groups excluding carboxylic acids is 2. The summed E-state index contributed by atoms with van der Waals surface area (Å²) in [5.74, 6) is -1.59. The molecule has 1 heterocycles. The number of hydrogen-bond donors (Lipinski definition) is 3. The zero-order chi connectivity index (χ0) is 14.5. The lowest BCUT2D eigenvalue weighted by atomic mass is 10.0. The van der Waals surface area contributed by atoms with Gasteiger partial charge in [0.25, 0.3) is 0 Å². The molecule has 2 atom stereocenters. The van der Waals surface area contributed by atoms with Crippen molar-refractivity contribution in [1.82, 2.24) is 10.6 Å². The Morgan fingerprint density at radius 1 is 1.05 bits per heavy atom. The maximum absolute atomic E-state index is 11.9. The van der Waals surface area contributed by atoms with Crippen molar-refractivity contribution in [2.45, 2.75) is 31.3 Å². The minimum atomic E-state index is -0.988.